The van der Waals surface area contributed by atoms with Gasteiger partial charge in [-0.05, 0) is 32.0 Å². The van der Waals surface area contributed by atoms with Crippen molar-refractivity contribution in [3.63, 3.8) is 0 Å². The minimum absolute atomic E-state index is 0.632. The van der Waals surface area contributed by atoms with E-state index in [-0.39, 0.29) is 0 Å². The van der Waals surface area contributed by atoms with E-state index in [9.17, 15) is 0 Å². The molecule has 2 aromatic heterocycles. The molecule has 0 unspecified atom stereocenters. The number of nitrogens with two attached hydrogens (primary N) is 1. The molecule has 18 heavy (non-hydrogen) atoms. The Balaban J connectivity index is 2.08. The summed E-state index contributed by atoms with van der Waals surface area (Å²) in [7, 11) is 0. The summed E-state index contributed by atoms with van der Waals surface area (Å²) in [5, 5.41) is 3.89. The monoisotopic (exact) mass is 242 g/mol. The Morgan fingerprint density at radius 3 is 2.83 bits per heavy atom. The molecule has 5 nitrogen and oxygen atoms in total. The lowest BCUT2D eigenvalue weighted by molar-refractivity contribution is 0.373. The fraction of sp³-hybridized carbons (Fsp3) is 0.231. The highest BCUT2D eigenvalue weighted by Gasteiger charge is 2.10. The molecule has 0 aliphatic carbocycles. The number of hydrogen-bond acceptors (Lipinski definition) is 4. The number of benzene rings is 1. The van der Waals surface area contributed by atoms with E-state index in [1.165, 1.54) is 0 Å². The van der Waals surface area contributed by atoms with Gasteiger partial charge in [0, 0.05) is 11.8 Å². The number of nitrogens with zero attached hydrogens (tertiary/aromatic N) is 3. The molecule has 0 aliphatic heterocycles. The van der Waals surface area contributed by atoms with E-state index in [2.05, 4.69) is 14.7 Å². The number of hydrogen-bond donors (Lipinski definition) is 1. The number of anilines is 1. The molecule has 3 rings (SSSR count). The van der Waals surface area contributed by atoms with E-state index < -0.39 is 0 Å². The number of aryl methyl sites for hydroxylation is 2. The molecule has 0 amide bonds. The topological polar surface area (TPSA) is 69.9 Å². The van der Waals surface area contributed by atoms with Gasteiger partial charge in [0.05, 0.1) is 23.3 Å². The zero-order valence-corrected chi connectivity index (χ0v) is 10.3. The molecule has 92 valence electrons. The third kappa shape index (κ3) is 1.73. The second-order valence-electron chi connectivity index (χ2n) is 4.43. The molecule has 1 aromatic carbocycles. The van der Waals surface area contributed by atoms with E-state index in [1.54, 1.807) is 0 Å². The Bertz CT molecular complexity index is 711. The van der Waals surface area contributed by atoms with Crippen molar-refractivity contribution in [1.29, 1.82) is 0 Å². The van der Waals surface area contributed by atoms with Crippen LogP contribution in [0, 0.1) is 13.8 Å². The van der Waals surface area contributed by atoms with Crippen LogP contribution in [0.5, 0.6) is 0 Å². The van der Waals surface area contributed by atoms with Gasteiger partial charge in [0.1, 0.15) is 5.82 Å². The molecule has 2 N–H and O–H groups in total. The van der Waals surface area contributed by atoms with E-state index in [0.717, 1.165) is 34.0 Å². The smallest absolute Gasteiger partial charge is 0.156 e. The van der Waals surface area contributed by atoms with Gasteiger partial charge >= 0.3 is 0 Å². The van der Waals surface area contributed by atoms with Gasteiger partial charge in [-0.1, -0.05) is 5.16 Å². The Morgan fingerprint density at radius 2 is 2.11 bits per heavy atom. The second-order valence-corrected chi connectivity index (χ2v) is 4.43. The number of nitrogen functional groups attached to an aromatic ring is 1. The van der Waals surface area contributed by atoms with Crippen LogP contribution in [0.25, 0.3) is 11.0 Å². The number of aromatic nitrogens is 3. The highest BCUT2D eigenvalue weighted by molar-refractivity contribution is 5.79. The molecule has 5 heteroatoms. The minimum atomic E-state index is 0.632. The molecule has 0 saturated heterocycles. The Kier molecular flexibility index (Phi) is 2.33. The summed E-state index contributed by atoms with van der Waals surface area (Å²) in [4.78, 5) is 4.50. The molecule has 0 atom stereocenters. The van der Waals surface area contributed by atoms with Crippen molar-refractivity contribution >= 4 is 16.7 Å². The summed E-state index contributed by atoms with van der Waals surface area (Å²) < 4.78 is 7.33. The summed E-state index contributed by atoms with van der Waals surface area (Å²) in [5.74, 6) is 1.76. The maximum Gasteiger partial charge on any atom is 0.156 e. The van der Waals surface area contributed by atoms with Gasteiger partial charge in [-0.15, -0.1) is 0 Å². The van der Waals surface area contributed by atoms with Gasteiger partial charge in [-0.3, -0.25) is 0 Å². The normalized spacial score (nSPS) is 11.2. The third-order valence-electron chi connectivity index (χ3n) is 2.95. The van der Waals surface area contributed by atoms with Crippen LogP contribution in [0.3, 0.4) is 0 Å². The first kappa shape index (κ1) is 10.8. The Labute approximate surface area is 104 Å². The van der Waals surface area contributed by atoms with Gasteiger partial charge in [-0.2, -0.15) is 0 Å². The standard InChI is InChI=1S/C13H14N4O/c1-8-5-11(18-16-8)7-17-9(2)15-12-6-10(14)3-4-13(12)17/h3-6H,7,14H2,1-2H3. The molecule has 0 aliphatic rings. The van der Waals surface area contributed by atoms with Gasteiger partial charge in [-0.25, -0.2) is 4.98 Å². The zero-order valence-electron chi connectivity index (χ0n) is 10.3. The summed E-state index contributed by atoms with van der Waals surface area (Å²) >= 11 is 0. The molecule has 0 saturated carbocycles. The summed E-state index contributed by atoms with van der Waals surface area (Å²) in [5.41, 5.74) is 9.33. The summed E-state index contributed by atoms with van der Waals surface area (Å²) in [6, 6.07) is 7.67. The summed E-state index contributed by atoms with van der Waals surface area (Å²) in [6.45, 7) is 4.51. The average Bonchev–Trinajstić information content (AvgIpc) is 2.84. The highest BCUT2D eigenvalue weighted by atomic mass is 16.5. The van der Waals surface area contributed by atoms with Crippen molar-refractivity contribution in [3.05, 3.63) is 41.5 Å². The maximum absolute atomic E-state index is 5.76. The average molecular weight is 242 g/mol. The lowest BCUT2D eigenvalue weighted by Crippen LogP contribution is -2.00. The number of rotatable bonds is 2. The van der Waals surface area contributed by atoms with Gasteiger partial charge in [0.25, 0.3) is 0 Å². The first-order chi connectivity index (χ1) is 8.63. The highest BCUT2D eigenvalue weighted by Crippen LogP contribution is 2.20. The van der Waals surface area contributed by atoms with Crippen molar-refractivity contribution < 1.29 is 4.52 Å². The van der Waals surface area contributed by atoms with Crippen LogP contribution in [0.15, 0.2) is 28.8 Å². The van der Waals surface area contributed by atoms with Crippen LogP contribution in [0.2, 0.25) is 0 Å². The number of fused-ring (bicyclic) bond motifs is 1. The third-order valence-corrected chi connectivity index (χ3v) is 2.95. The lowest BCUT2D eigenvalue weighted by Gasteiger charge is -2.03. The predicted molar refractivity (Wildman–Crippen MR) is 69.2 cm³/mol. The van der Waals surface area contributed by atoms with Gasteiger partial charge < -0.3 is 14.8 Å². The van der Waals surface area contributed by atoms with Crippen molar-refractivity contribution in [3.8, 4) is 0 Å². The minimum Gasteiger partial charge on any atom is -0.399 e. The first-order valence-corrected chi connectivity index (χ1v) is 5.78. The van der Waals surface area contributed by atoms with Crippen LogP contribution in [0.4, 0.5) is 5.69 Å². The molecule has 0 radical (unpaired) electrons. The lowest BCUT2D eigenvalue weighted by atomic mass is 10.3. The van der Waals surface area contributed by atoms with Crippen LogP contribution in [-0.4, -0.2) is 14.7 Å². The zero-order chi connectivity index (χ0) is 12.7. The van der Waals surface area contributed by atoms with Crippen molar-refractivity contribution in [1.82, 2.24) is 14.7 Å². The fourth-order valence-corrected chi connectivity index (χ4v) is 2.11. The number of imidazole rings is 1. The van der Waals surface area contributed by atoms with Crippen molar-refractivity contribution in [2.45, 2.75) is 20.4 Å². The Hall–Kier alpha value is -2.30. The first-order valence-electron chi connectivity index (χ1n) is 5.78. The summed E-state index contributed by atoms with van der Waals surface area (Å²) in [6.07, 6.45) is 0. The van der Waals surface area contributed by atoms with Crippen LogP contribution in [-0.2, 0) is 6.54 Å². The molecular formula is C13H14N4O. The molecule has 0 bridgehead atoms. The van der Waals surface area contributed by atoms with E-state index >= 15 is 0 Å². The van der Waals surface area contributed by atoms with Crippen LogP contribution < -0.4 is 5.73 Å². The molecule has 3 aromatic rings. The molecule has 2 heterocycles. The van der Waals surface area contributed by atoms with Crippen LogP contribution >= 0.6 is 0 Å². The van der Waals surface area contributed by atoms with E-state index in [1.807, 2.05) is 38.1 Å². The maximum atomic E-state index is 5.76. The van der Waals surface area contributed by atoms with Crippen LogP contribution in [0.1, 0.15) is 17.3 Å². The van der Waals surface area contributed by atoms with Crippen molar-refractivity contribution in [2.75, 3.05) is 5.73 Å². The molecule has 0 fully saturated rings. The predicted octanol–water partition coefficient (Wildman–Crippen LogP) is 2.27. The Morgan fingerprint density at radius 1 is 1.28 bits per heavy atom. The van der Waals surface area contributed by atoms with Gasteiger partial charge in [0.2, 0.25) is 0 Å². The largest absolute Gasteiger partial charge is 0.399 e. The van der Waals surface area contributed by atoms with Gasteiger partial charge in [0.15, 0.2) is 5.76 Å². The quantitative estimate of drug-likeness (QED) is 0.700. The van der Waals surface area contributed by atoms with Crippen molar-refractivity contribution in [2.24, 2.45) is 0 Å². The SMILES string of the molecule is Cc1cc(Cn2c(C)nc3cc(N)ccc32)on1. The second kappa shape index (κ2) is 3.87. The van der Waals surface area contributed by atoms with E-state index in [0.29, 0.717) is 6.54 Å². The molecule has 0 spiro atoms. The fourth-order valence-electron chi connectivity index (χ4n) is 2.11. The molecular weight excluding hydrogens is 228 g/mol. The van der Waals surface area contributed by atoms with E-state index in [4.69, 9.17) is 10.3 Å².